The Bertz CT molecular complexity index is 605. The molecular formula is C12H10N2O2. The van der Waals surface area contributed by atoms with Crippen molar-refractivity contribution in [3.05, 3.63) is 35.5 Å². The van der Waals surface area contributed by atoms with Crippen molar-refractivity contribution in [2.45, 2.75) is 13.5 Å². The molecule has 0 saturated heterocycles. The number of hydrogen-bond donors (Lipinski definition) is 1. The van der Waals surface area contributed by atoms with E-state index in [-0.39, 0.29) is 12.2 Å². The topological polar surface area (TPSA) is 66.0 Å². The molecule has 0 radical (unpaired) electrons. The second-order valence-electron chi connectivity index (χ2n) is 3.59. The molecule has 0 aliphatic heterocycles. The average molecular weight is 214 g/mol. The first-order chi connectivity index (χ1) is 7.65. The Kier molecular flexibility index (Phi) is 2.37. The molecule has 1 N–H and O–H groups in total. The van der Waals surface area contributed by atoms with Crippen molar-refractivity contribution in [2.75, 3.05) is 0 Å². The minimum absolute atomic E-state index is 0.0516. The Labute approximate surface area is 92.3 Å². The van der Waals surface area contributed by atoms with Crippen molar-refractivity contribution in [2.24, 2.45) is 0 Å². The van der Waals surface area contributed by atoms with Gasteiger partial charge in [-0.1, -0.05) is 18.2 Å². The van der Waals surface area contributed by atoms with Gasteiger partial charge in [-0.05, 0) is 18.6 Å². The number of nitrogens with zero attached hydrogens (tertiary/aromatic N) is 2. The highest BCUT2D eigenvalue weighted by Gasteiger charge is 2.15. The summed E-state index contributed by atoms with van der Waals surface area (Å²) in [6.07, 6.45) is 0. The van der Waals surface area contributed by atoms with Gasteiger partial charge >= 0.3 is 5.97 Å². The Morgan fingerprint density at radius 1 is 1.56 bits per heavy atom. The second kappa shape index (κ2) is 3.70. The normalized spacial score (nSPS) is 10.2. The molecule has 1 heterocycles. The van der Waals surface area contributed by atoms with E-state index in [9.17, 15) is 4.79 Å². The van der Waals surface area contributed by atoms with E-state index in [4.69, 9.17) is 10.4 Å². The molecule has 0 bridgehead atoms. The van der Waals surface area contributed by atoms with Crippen molar-refractivity contribution in [3.8, 4) is 6.07 Å². The number of aromatic carboxylic acids is 1. The highest BCUT2D eigenvalue weighted by molar-refractivity contribution is 5.95. The van der Waals surface area contributed by atoms with Gasteiger partial charge in [0, 0.05) is 5.39 Å². The Morgan fingerprint density at radius 2 is 2.31 bits per heavy atom. The van der Waals surface area contributed by atoms with E-state index in [0.29, 0.717) is 0 Å². The standard InChI is InChI=1S/C12H10N2O2/c1-8-3-2-4-9-7-10(12(15)16)14(6-5-13)11(8)9/h2-4,7H,6H2,1H3,(H,15,16). The monoisotopic (exact) mass is 214 g/mol. The largest absolute Gasteiger partial charge is 0.477 e. The van der Waals surface area contributed by atoms with Crippen LogP contribution in [0.15, 0.2) is 24.3 Å². The van der Waals surface area contributed by atoms with E-state index in [0.717, 1.165) is 16.5 Å². The molecule has 2 rings (SSSR count). The first-order valence-electron chi connectivity index (χ1n) is 4.84. The lowest BCUT2D eigenvalue weighted by Gasteiger charge is -2.04. The molecule has 16 heavy (non-hydrogen) atoms. The number of rotatable bonds is 2. The minimum atomic E-state index is -1.01. The highest BCUT2D eigenvalue weighted by atomic mass is 16.4. The summed E-state index contributed by atoms with van der Waals surface area (Å²) < 4.78 is 1.53. The van der Waals surface area contributed by atoms with Crippen LogP contribution >= 0.6 is 0 Å². The fraction of sp³-hybridized carbons (Fsp3) is 0.167. The minimum Gasteiger partial charge on any atom is -0.477 e. The van der Waals surface area contributed by atoms with Gasteiger partial charge in [-0.15, -0.1) is 0 Å². The first kappa shape index (κ1) is 10.2. The zero-order valence-electron chi connectivity index (χ0n) is 8.77. The maximum atomic E-state index is 11.0. The number of aryl methyl sites for hydroxylation is 1. The third-order valence-electron chi connectivity index (χ3n) is 2.57. The number of aromatic nitrogens is 1. The summed E-state index contributed by atoms with van der Waals surface area (Å²) in [6.45, 7) is 1.96. The third kappa shape index (κ3) is 1.43. The van der Waals surface area contributed by atoms with Crippen LogP contribution in [0.5, 0.6) is 0 Å². The van der Waals surface area contributed by atoms with Crippen molar-refractivity contribution in [3.63, 3.8) is 0 Å². The Morgan fingerprint density at radius 3 is 2.94 bits per heavy atom. The van der Waals surface area contributed by atoms with Crippen LogP contribution in [0.25, 0.3) is 10.9 Å². The number of para-hydroxylation sites is 1. The maximum Gasteiger partial charge on any atom is 0.352 e. The van der Waals surface area contributed by atoms with Crippen LogP contribution in [0.3, 0.4) is 0 Å². The Balaban J connectivity index is 2.83. The van der Waals surface area contributed by atoms with E-state index in [2.05, 4.69) is 0 Å². The van der Waals surface area contributed by atoms with E-state index >= 15 is 0 Å². The molecular weight excluding hydrogens is 204 g/mol. The van der Waals surface area contributed by atoms with Gasteiger partial charge in [0.25, 0.3) is 0 Å². The summed E-state index contributed by atoms with van der Waals surface area (Å²) >= 11 is 0. The van der Waals surface area contributed by atoms with Crippen LogP contribution in [0, 0.1) is 18.3 Å². The molecule has 0 aliphatic rings. The molecule has 1 aromatic heterocycles. The van der Waals surface area contributed by atoms with Crippen LogP contribution in [0.4, 0.5) is 0 Å². The van der Waals surface area contributed by atoms with E-state index < -0.39 is 5.97 Å². The molecule has 0 aliphatic carbocycles. The quantitative estimate of drug-likeness (QED) is 0.833. The molecule has 1 aromatic carbocycles. The van der Waals surface area contributed by atoms with E-state index in [1.807, 2.05) is 31.2 Å². The molecule has 4 nitrogen and oxygen atoms in total. The van der Waals surface area contributed by atoms with Gasteiger partial charge in [0.05, 0.1) is 11.6 Å². The molecule has 0 atom stereocenters. The third-order valence-corrected chi connectivity index (χ3v) is 2.57. The molecule has 2 aromatic rings. The van der Waals surface area contributed by atoms with Crippen molar-refractivity contribution in [1.82, 2.24) is 4.57 Å². The predicted octanol–water partition coefficient (Wildman–Crippen LogP) is 2.17. The number of benzene rings is 1. The maximum absolute atomic E-state index is 11.0. The molecule has 0 saturated carbocycles. The number of nitriles is 1. The number of fused-ring (bicyclic) bond motifs is 1. The zero-order chi connectivity index (χ0) is 11.7. The second-order valence-corrected chi connectivity index (χ2v) is 3.59. The first-order valence-corrected chi connectivity index (χ1v) is 4.84. The number of hydrogen-bond acceptors (Lipinski definition) is 2. The SMILES string of the molecule is Cc1cccc2cc(C(=O)O)n(CC#N)c12. The summed E-state index contributed by atoms with van der Waals surface area (Å²) in [7, 11) is 0. The van der Waals surface area contributed by atoms with Gasteiger partial charge in [-0.2, -0.15) is 5.26 Å². The molecule has 80 valence electrons. The predicted molar refractivity (Wildman–Crippen MR) is 59.2 cm³/mol. The highest BCUT2D eigenvalue weighted by Crippen LogP contribution is 2.23. The average Bonchev–Trinajstić information content (AvgIpc) is 2.59. The summed E-state index contributed by atoms with van der Waals surface area (Å²) in [5.41, 5.74) is 1.95. The van der Waals surface area contributed by atoms with Crippen LogP contribution in [0.2, 0.25) is 0 Å². The smallest absolute Gasteiger partial charge is 0.352 e. The van der Waals surface area contributed by atoms with Crippen LogP contribution < -0.4 is 0 Å². The van der Waals surface area contributed by atoms with Gasteiger partial charge in [0.2, 0.25) is 0 Å². The van der Waals surface area contributed by atoms with Gasteiger partial charge in [-0.3, -0.25) is 0 Å². The number of carbonyl (C=O) groups is 1. The van der Waals surface area contributed by atoms with Gasteiger partial charge in [0.1, 0.15) is 12.2 Å². The lowest BCUT2D eigenvalue weighted by molar-refractivity contribution is 0.0686. The fourth-order valence-electron chi connectivity index (χ4n) is 1.92. The van der Waals surface area contributed by atoms with E-state index in [1.165, 1.54) is 4.57 Å². The van der Waals surface area contributed by atoms with Gasteiger partial charge < -0.3 is 9.67 Å². The molecule has 4 heteroatoms. The molecule has 0 fully saturated rings. The van der Waals surface area contributed by atoms with Gasteiger partial charge in [-0.25, -0.2) is 4.79 Å². The zero-order valence-corrected chi connectivity index (χ0v) is 8.77. The number of carboxylic acids is 1. The Hall–Kier alpha value is -2.28. The van der Waals surface area contributed by atoms with E-state index in [1.54, 1.807) is 6.07 Å². The summed E-state index contributed by atoms with van der Waals surface area (Å²) in [6, 6.07) is 9.21. The molecule has 0 unspecified atom stereocenters. The van der Waals surface area contributed by atoms with Crippen LogP contribution in [-0.4, -0.2) is 15.6 Å². The van der Waals surface area contributed by atoms with Crippen LogP contribution in [-0.2, 0) is 6.54 Å². The van der Waals surface area contributed by atoms with Crippen LogP contribution in [0.1, 0.15) is 16.1 Å². The summed E-state index contributed by atoms with van der Waals surface area (Å²) in [5, 5.41) is 18.6. The molecule has 0 spiro atoms. The van der Waals surface area contributed by atoms with Crippen molar-refractivity contribution < 1.29 is 9.90 Å². The lowest BCUT2D eigenvalue weighted by atomic mass is 10.2. The van der Waals surface area contributed by atoms with Crippen molar-refractivity contribution >= 4 is 16.9 Å². The van der Waals surface area contributed by atoms with Gasteiger partial charge in [0.15, 0.2) is 0 Å². The summed E-state index contributed by atoms with van der Waals surface area (Å²) in [5.74, 6) is -1.01. The number of carboxylic acid groups (broad SMARTS) is 1. The van der Waals surface area contributed by atoms with Crippen molar-refractivity contribution in [1.29, 1.82) is 5.26 Å². The fourth-order valence-corrected chi connectivity index (χ4v) is 1.92. The summed E-state index contributed by atoms with van der Waals surface area (Å²) in [4.78, 5) is 11.0. The molecule has 0 amide bonds. The lowest BCUT2D eigenvalue weighted by Crippen LogP contribution is -2.07.